The fourth-order valence-electron chi connectivity index (χ4n) is 2.37. The Labute approximate surface area is 132 Å². The topological polar surface area (TPSA) is 78.7 Å². The first-order valence-corrected chi connectivity index (χ1v) is 6.89. The average molecular weight is 311 g/mol. The van der Waals surface area contributed by atoms with Crippen LogP contribution in [0.3, 0.4) is 0 Å². The normalized spacial score (nSPS) is 15.0. The van der Waals surface area contributed by atoms with Crippen LogP contribution in [-0.4, -0.2) is 24.4 Å². The third-order valence-corrected chi connectivity index (χ3v) is 3.53. The third-order valence-electron chi connectivity index (χ3n) is 3.53. The Morgan fingerprint density at radius 3 is 2.83 bits per heavy atom. The Bertz CT molecular complexity index is 825. The fourth-order valence-corrected chi connectivity index (χ4v) is 2.37. The number of carbonyl (C=O) groups excluding carboxylic acids is 1. The Morgan fingerprint density at radius 2 is 2.09 bits per heavy atom. The standard InChI is InChI=1S/C17H13NO5/c1-22-14-5-6-16-15(9-14)17(19)12(10-23-16)7-11-3-2-4-13(8-11)18(20)21/h2-9H,10H2,1H3/b12-7-. The minimum atomic E-state index is -0.471. The Balaban J connectivity index is 1.97. The highest BCUT2D eigenvalue weighted by molar-refractivity contribution is 6.14. The molecule has 0 aromatic heterocycles. The number of ketones is 1. The molecule has 3 rings (SSSR count). The third kappa shape index (κ3) is 2.91. The van der Waals surface area contributed by atoms with Crippen molar-refractivity contribution < 1.29 is 19.2 Å². The molecule has 0 fully saturated rings. The van der Waals surface area contributed by atoms with E-state index < -0.39 is 4.92 Å². The van der Waals surface area contributed by atoms with Gasteiger partial charge < -0.3 is 9.47 Å². The number of non-ortho nitro benzene ring substituents is 1. The van der Waals surface area contributed by atoms with Crippen LogP contribution in [0.15, 0.2) is 48.0 Å². The van der Waals surface area contributed by atoms with E-state index in [1.165, 1.54) is 19.2 Å². The van der Waals surface area contributed by atoms with Crippen LogP contribution in [0.25, 0.3) is 6.08 Å². The van der Waals surface area contributed by atoms with Gasteiger partial charge in [0.2, 0.25) is 0 Å². The number of nitro benzene ring substituents is 1. The van der Waals surface area contributed by atoms with Gasteiger partial charge in [0.25, 0.3) is 5.69 Å². The maximum Gasteiger partial charge on any atom is 0.270 e. The van der Waals surface area contributed by atoms with Crippen LogP contribution in [0.1, 0.15) is 15.9 Å². The molecule has 1 aliphatic heterocycles. The highest BCUT2D eigenvalue weighted by Crippen LogP contribution is 2.31. The summed E-state index contributed by atoms with van der Waals surface area (Å²) in [6, 6.07) is 11.1. The number of ether oxygens (including phenoxy) is 2. The van der Waals surface area contributed by atoms with Crippen molar-refractivity contribution in [1.82, 2.24) is 0 Å². The van der Waals surface area contributed by atoms with Gasteiger partial charge in [-0.3, -0.25) is 14.9 Å². The molecule has 0 radical (unpaired) electrons. The first-order valence-electron chi connectivity index (χ1n) is 6.89. The molecule has 0 unspecified atom stereocenters. The number of benzene rings is 2. The maximum atomic E-state index is 12.6. The Morgan fingerprint density at radius 1 is 1.26 bits per heavy atom. The van der Waals surface area contributed by atoms with Crippen LogP contribution in [0.4, 0.5) is 5.69 Å². The summed E-state index contributed by atoms with van der Waals surface area (Å²) in [6.07, 6.45) is 1.61. The van der Waals surface area contributed by atoms with Crippen molar-refractivity contribution in [3.8, 4) is 11.5 Å². The molecule has 6 heteroatoms. The van der Waals surface area contributed by atoms with Gasteiger partial charge in [0.05, 0.1) is 17.6 Å². The maximum absolute atomic E-state index is 12.6. The predicted octanol–water partition coefficient (Wildman–Crippen LogP) is 3.26. The number of Topliss-reactive ketones (excluding diaryl/α,β-unsaturated/α-hetero) is 1. The van der Waals surface area contributed by atoms with Crippen molar-refractivity contribution in [2.45, 2.75) is 0 Å². The molecule has 0 aliphatic carbocycles. The van der Waals surface area contributed by atoms with Gasteiger partial charge in [-0.15, -0.1) is 0 Å². The molecule has 2 aromatic carbocycles. The van der Waals surface area contributed by atoms with Gasteiger partial charge in [0.15, 0.2) is 5.78 Å². The van der Waals surface area contributed by atoms with Gasteiger partial charge in [-0.1, -0.05) is 12.1 Å². The van der Waals surface area contributed by atoms with E-state index in [-0.39, 0.29) is 18.1 Å². The molecular formula is C17H13NO5. The number of nitrogens with zero attached hydrogens (tertiary/aromatic N) is 1. The highest BCUT2D eigenvalue weighted by Gasteiger charge is 2.24. The van der Waals surface area contributed by atoms with E-state index in [0.717, 1.165) is 0 Å². The quantitative estimate of drug-likeness (QED) is 0.494. The molecule has 2 aromatic rings. The van der Waals surface area contributed by atoms with E-state index in [1.54, 1.807) is 36.4 Å². The number of carbonyl (C=O) groups is 1. The molecule has 0 N–H and O–H groups in total. The number of hydrogen-bond acceptors (Lipinski definition) is 5. The lowest BCUT2D eigenvalue weighted by atomic mass is 9.98. The molecule has 0 spiro atoms. The van der Waals surface area contributed by atoms with E-state index in [0.29, 0.717) is 28.2 Å². The van der Waals surface area contributed by atoms with Crippen LogP contribution >= 0.6 is 0 Å². The van der Waals surface area contributed by atoms with Crippen molar-refractivity contribution >= 4 is 17.5 Å². The van der Waals surface area contributed by atoms with Crippen LogP contribution < -0.4 is 9.47 Å². The zero-order chi connectivity index (χ0) is 16.4. The molecule has 6 nitrogen and oxygen atoms in total. The van der Waals surface area contributed by atoms with Crippen molar-refractivity contribution in [3.63, 3.8) is 0 Å². The molecule has 0 saturated carbocycles. The van der Waals surface area contributed by atoms with Gasteiger partial charge in [0.1, 0.15) is 18.1 Å². The summed E-state index contributed by atoms with van der Waals surface area (Å²) in [7, 11) is 1.52. The summed E-state index contributed by atoms with van der Waals surface area (Å²) in [5.41, 5.74) is 1.42. The summed E-state index contributed by atoms with van der Waals surface area (Å²) in [5, 5.41) is 10.8. The number of methoxy groups -OCH3 is 1. The fraction of sp³-hybridized carbons (Fsp3) is 0.118. The van der Waals surface area contributed by atoms with E-state index in [1.807, 2.05) is 0 Å². The molecule has 1 heterocycles. The smallest absolute Gasteiger partial charge is 0.270 e. The molecule has 0 saturated heterocycles. The van der Waals surface area contributed by atoms with Gasteiger partial charge in [-0.05, 0) is 29.8 Å². The first-order chi connectivity index (χ1) is 11.1. The summed E-state index contributed by atoms with van der Waals surface area (Å²) < 4.78 is 10.7. The minimum absolute atomic E-state index is 0.0226. The largest absolute Gasteiger partial charge is 0.497 e. The van der Waals surface area contributed by atoms with Crippen molar-refractivity contribution in [1.29, 1.82) is 0 Å². The average Bonchev–Trinajstić information content (AvgIpc) is 2.57. The SMILES string of the molecule is COc1ccc2c(c1)C(=O)/C(=C\c1cccc([N+](=O)[O-])c1)CO2. The molecule has 1 aliphatic rings. The summed E-state index contributed by atoms with van der Waals surface area (Å²) >= 11 is 0. The van der Waals surface area contributed by atoms with Crippen molar-refractivity contribution in [2.24, 2.45) is 0 Å². The molecule has 0 atom stereocenters. The lowest BCUT2D eigenvalue weighted by Crippen LogP contribution is -2.19. The van der Waals surface area contributed by atoms with E-state index in [2.05, 4.69) is 0 Å². The van der Waals surface area contributed by atoms with Crippen LogP contribution in [0.5, 0.6) is 11.5 Å². The van der Waals surface area contributed by atoms with Gasteiger partial charge in [-0.2, -0.15) is 0 Å². The predicted molar refractivity (Wildman–Crippen MR) is 83.9 cm³/mol. The number of nitro groups is 1. The van der Waals surface area contributed by atoms with Gasteiger partial charge >= 0.3 is 0 Å². The molecule has 0 amide bonds. The first kappa shape index (κ1) is 14.8. The summed E-state index contributed by atoms with van der Waals surface area (Å²) in [6.45, 7) is 0.126. The molecular weight excluding hydrogens is 298 g/mol. The lowest BCUT2D eigenvalue weighted by molar-refractivity contribution is -0.384. The van der Waals surface area contributed by atoms with E-state index >= 15 is 0 Å². The second kappa shape index (κ2) is 5.92. The lowest BCUT2D eigenvalue weighted by Gasteiger charge is -2.19. The monoisotopic (exact) mass is 311 g/mol. The number of fused-ring (bicyclic) bond motifs is 1. The molecule has 116 valence electrons. The highest BCUT2D eigenvalue weighted by atomic mass is 16.6. The second-order valence-corrected chi connectivity index (χ2v) is 5.00. The number of hydrogen-bond donors (Lipinski definition) is 0. The zero-order valence-electron chi connectivity index (χ0n) is 12.3. The minimum Gasteiger partial charge on any atom is -0.497 e. The van der Waals surface area contributed by atoms with Crippen LogP contribution in [-0.2, 0) is 0 Å². The second-order valence-electron chi connectivity index (χ2n) is 5.00. The zero-order valence-corrected chi connectivity index (χ0v) is 12.3. The van der Waals surface area contributed by atoms with Gasteiger partial charge in [0, 0.05) is 17.7 Å². The van der Waals surface area contributed by atoms with Crippen LogP contribution in [0, 0.1) is 10.1 Å². The molecule has 23 heavy (non-hydrogen) atoms. The van der Waals surface area contributed by atoms with Gasteiger partial charge in [-0.25, -0.2) is 0 Å². The molecule has 0 bridgehead atoms. The Kier molecular flexibility index (Phi) is 3.80. The number of rotatable bonds is 3. The van der Waals surface area contributed by atoms with Crippen LogP contribution in [0.2, 0.25) is 0 Å². The summed E-state index contributed by atoms with van der Waals surface area (Å²) in [4.78, 5) is 22.9. The van der Waals surface area contributed by atoms with E-state index in [9.17, 15) is 14.9 Å². The van der Waals surface area contributed by atoms with Crippen molar-refractivity contribution in [2.75, 3.05) is 13.7 Å². The Hall–Kier alpha value is -3.15. The summed E-state index contributed by atoms with van der Waals surface area (Å²) in [5.74, 6) is 0.904. The van der Waals surface area contributed by atoms with E-state index in [4.69, 9.17) is 9.47 Å². The van der Waals surface area contributed by atoms with Crippen molar-refractivity contribution in [3.05, 3.63) is 69.3 Å².